The van der Waals surface area contributed by atoms with Crippen molar-refractivity contribution in [1.82, 2.24) is 9.55 Å². The molecule has 1 aliphatic rings. The highest BCUT2D eigenvalue weighted by molar-refractivity contribution is 9.10. The van der Waals surface area contributed by atoms with E-state index in [1.165, 1.54) is 12.8 Å². The minimum atomic E-state index is 0.609. The van der Waals surface area contributed by atoms with Gasteiger partial charge in [-0.25, -0.2) is 4.98 Å². The number of imidazole rings is 1. The molecule has 1 fully saturated rings. The van der Waals surface area contributed by atoms with E-state index in [2.05, 4.69) is 43.1 Å². The molecule has 1 heterocycles. The summed E-state index contributed by atoms with van der Waals surface area (Å²) >= 11 is 3.58. The molecule has 1 N–H and O–H groups in total. The summed E-state index contributed by atoms with van der Waals surface area (Å²) < 4.78 is 3.19. The molecular formula is C13H14BrN3. The second-order valence-corrected chi connectivity index (χ2v) is 5.30. The molecule has 0 amide bonds. The second kappa shape index (κ2) is 4.18. The van der Waals surface area contributed by atoms with Crippen molar-refractivity contribution in [2.24, 2.45) is 0 Å². The van der Waals surface area contributed by atoms with Crippen LogP contribution < -0.4 is 5.32 Å². The van der Waals surface area contributed by atoms with Gasteiger partial charge in [0.1, 0.15) is 0 Å². The number of benzene rings is 1. The molecular weight excluding hydrogens is 278 g/mol. The zero-order chi connectivity index (χ0) is 11.8. The van der Waals surface area contributed by atoms with Crippen LogP contribution in [0.3, 0.4) is 0 Å². The Bertz CT molecular complexity index is 543. The van der Waals surface area contributed by atoms with Gasteiger partial charge in [0.15, 0.2) is 0 Å². The number of rotatable bonds is 3. The van der Waals surface area contributed by atoms with Gasteiger partial charge in [0.25, 0.3) is 0 Å². The number of nitrogens with one attached hydrogen (secondary N) is 1. The fraction of sp³-hybridized carbons (Fsp3) is 0.308. The highest BCUT2D eigenvalue weighted by Crippen LogP contribution is 2.28. The lowest BCUT2D eigenvalue weighted by molar-refractivity contribution is 0.998. The van der Waals surface area contributed by atoms with Crippen molar-refractivity contribution in [1.29, 1.82) is 0 Å². The maximum absolute atomic E-state index is 4.54. The Morgan fingerprint density at radius 2 is 2.12 bits per heavy atom. The Kier molecular flexibility index (Phi) is 2.67. The van der Waals surface area contributed by atoms with E-state index in [1.54, 1.807) is 0 Å². The lowest BCUT2D eigenvalue weighted by Crippen LogP contribution is -2.07. The standard InChI is InChI=1S/C13H14BrN3/c1-9-8-17(12-5-3-2-4-11(12)14)13(15-9)16-10-6-7-10/h2-5,8,10H,6-7H2,1H3,(H,15,16). The van der Waals surface area contributed by atoms with Crippen LogP contribution in [0.5, 0.6) is 0 Å². The first-order valence-electron chi connectivity index (χ1n) is 5.81. The summed E-state index contributed by atoms with van der Waals surface area (Å²) in [5, 5.41) is 3.46. The van der Waals surface area contributed by atoms with Gasteiger partial charge in [-0.1, -0.05) is 12.1 Å². The van der Waals surface area contributed by atoms with Crippen LogP contribution in [0.15, 0.2) is 34.9 Å². The lowest BCUT2D eigenvalue weighted by atomic mass is 10.3. The summed E-state index contributed by atoms with van der Waals surface area (Å²) in [7, 11) is 0. The average molecular weight is 292 g/mol. The Morgan fingerprint density at radius 1 is 1.35 bits per heavy atom. The van der Waals surface area contributed by atoms with Gasteiger partial charge in [-0.2, -0.15) is 0 Å². The number of hydrogen-bond donors (Lipinski definition) is 1. The first-order chi connectivity index (χ1) is 8.24. The molecule has 2 aromatic rings. The van der Waals surface area contributed by atoms with Crippen molar-refractivity contribution in [2.75, 3.05) is 5.32 Å². The van der Waals surface area contributed by atoms with Gasteiger partial charge in [-0.3, -0.25) is 4.57 Å². The van der Waals surface area contributed by atoms with Crippen LogP contribution in [0.1, 0.15) is 18.5 Å². The average Bonchev–Trinajstić information content (AvgIpc) is 3.03. The molecule has 1 saturated carbocycles. The van der Waals surface area contributed by atoms with E-state index in [4.69, 9.17) is 0 Å². The van der Waals surface area contributed by atoms with E-state index in [-0.39, 0.29) is 0 Å². The van der Waals surface area contributed by atoms with Crippen molar-refractivity contribution in [2.45, 2.75) is 25.8 Å². The highest BCUT2D eigenvalue weighted by atomic mass is 79.9. The number of aromatic nitrogens is 2. The predicted octanol–water partition coefficient (Wildman–Crippen LogP) is 3.52. The minimum absolute atomic E-state index is 0.609. The first-order valence-corrected chi connectivity index (χ1v) is 6.61. The van der Waals surface area contributed by atoms with E-state index in [0.717, 1.165) is 21.8 Å². The smallest absolute Gasteiger partial charge is 0.207 e. The Balaban J connectivity index is 2.03. The van der Waals surface area contributed by atoms with Crippen molar-refractivity contribution in [3.63, 3.8) is 0 Å². The van der Waals surface area contributed by atoms with Crippen molar-refractivity contribution < 1.29 is 0 Å². The maximum Gasteiger partial charge on any atom is 0.207 e. The number of para-hydroxylation sites is 1. The normalized spacial score (nSPS) is 14.9. The zero-order valence-electron chi connectivity index (χ0n) is 9.65. The Labute approximate surface area is 109 Å². The molecule has 1 aliphatic carbocycles. The highest BCUT2D eigenvalue weighted by Gasteiger charge is 2.23. The van der Waals surface area contributed by atoms with Gasteiger partial charge in [0.2, 0.25) is 5.95 Å². The van der Waals surface area contributed by atoms with Crippen LogP contribution in [0.2, 0.25) is 0 Å². The molecule has 0 saturated heterocycles. The Hall–Kier alpha value is -1.29. The topological polar surface area (TPSA) is 29.9 Å². The van der Waals surface area contributed by atoms with Crippen molar-refractivity contribution in [3.05, 3.63) is 40.6 Å². The molecule has 0 bridgehead atoms. The molecule has 4 heteroatoms. The third-order valence-electron chi connectivity index (χ3n) is 2.85. The summed E-state index contributed by atoms with van der Waals surface area (Å²) in [6, 6.07) is 8.80. The molecule has 0 aliphatic heterocycles. The first kappa shape index (κ1) is 10.8. The number of halogens is 1. The van der Waals surface area contributed by atoms with E-state index in [0.29, 0.717) is 6.04 Å². The molecule has 88 valence electrons. The number of aryl methyl sites for hydroxylation is 1. The third-order valence-corrected chi connectivity index (χ3v) is 3.52. The van der Waals surface area contributed by atoms with E-state index >= 15 is 0 Å². The second-order valence-electron chi connectivity index (χ2n) is 4.45. The molecule has 1 aromatic carbocycles. The van der Waals surface area contributed by atoms with E-state index in [1.807, 2.05) is 25.1 Å². The van der Waals surface area contributed by atoms with Gasteiger partial charge in [-0.15, -0.1) is 0 Å². The van der Waals surface area contributed by atoms with Crippen LogP contribution in [-0.4, -0.2) is 15.6 Å². The fourth-order valence-electron chi connectivity index (χ4n) is 1.84. The monoisotopic (exact) mass is 291 g/mol. The van der Waals surface area contributed by atoms with Crippen LogP contribution in [-0.2, 0) is 0 Å². The van der Waals surface area contributed by atoms with Gasteiger partial charge >= 0.3 is 0 Å². The molecule has 0 unspecified atom stereocenters. The Morgan fingerprint density at radius 3 is 2.82 bits per heavy atom. The number of nitrogens with zero attached hydrogens (tertiary/aromatic N) is 2. The molecule has 0 spiro atoms. The largest absolute Gasteiger partial charge is 0.353 e. The molecule has 17 heavy (non-hydrogen) atoms. The zero-order valence-corrected chi connectivity index (χ0v) is 11.2. The van der Waals surface area contributed by atoms with Crippen molar-refractivity contribution in [3.8, 4) is 5.69 Å². The van der Waals surface area contributed by atoms with Crippen LogP contribution in [0.25, 0.3) is 5.69 Å². The van der Waals surface area contributed by atoms with E-state index < -0.39 is 0 Å². The van der Waals surface area contributed by atoms with Gasteiger partial charge in [-0.05, 0) is 47.8 Å². The summed E-state index contributed by atoms with van der Waals surface area (Å²) in [6.45, 7) is 2.02. The predicted molar refractivity (Wildman–Crippen MR) is 72.6 cm³/mol. The summed E-state index contributed by atoms with van der Waals surface area (Å²) in [4.78, 5) is 4.54. The van der Waals surface area contributed by atoms with Gasteiger partial charge in [0, 0.05) is 16.7 Å². The quantitative estimate of drug-likeness (QED) is 0.938. The number of hydrogen-bond acceptors (Lipinski definition) is 2. The third kappa shape index (κ3) is 2.22. The maximum atomic E-state index is 4.54. The lowest BCUT2D eigenvalue weighted by Gasteiger charge is -2.10. The molecule has 3 nitrogen and oxygen atoms in total. The van der Waals surface area contributed by atoms with Crippen LogP contribution in [0, 0.1) is 6.92 Å². The van der Waals surface area contributed by atoms with E-state index in [9.17, 15) is 0 Å². The summed E-state index contributed by atoms with van der Waals surface area (Å²) in [6.07, 6.45) is 4.56. The van der Waals surface area contributed by atoms with Gasteiger partial charge < -0.3 is 5.32 Å². The molecule has 1 aromatic heterocycles. The molecule has 0 radical (unpaired) electrons. The molecule has 0 atom stereocenters. The fourth-order valence-corrected chi connectivity index (χ4v) is 2.32. The van der Waals surface area contributed by atoms with Gasteiger partial charge in [0.05, 0.1) is 11.4 Å². The summed E-state index contributed by atoms with van der Waals surface area (Å²) in [5.74, 6) is 0.942. The van der Waals surface area contributed by atoms with Crippen molar-refractivity contribution >= 4 is 21.9 Å². The van der Waals surface area contributed by atoms with Crippen LogP contribution >= 0.6 is 15.9 Å². The minimum Gasteiger partial charge on any atom is -0.353 e. The number of anilines is 1. The van der Waals surface area contributed by atoms with Crippen LogP contribution in [0.4, 0.5) is 5.95 Å². The SMILES string of the molecule is Cc1cn(-c2ccccc2Br)c(NC2CC2)n1. The molecule has 3 rings (SSSR count). The summed E-state index contributed by atoms with van der Waals surface area (Å²) in [5.41, 5.74) is 2.15.